The van der Waals surface area contributed by atoms with Crippen molar-refractivity contribution in [3.8, 4) is 0 Å². The largest absolute Gasteiger partial charge is 0.418 e. The number of morpholine rings is 2. The van der Waals surface area contributed by atoms with Gasteiger partial charge < -0.3 is 24.6 Å². The van der Waals surface area contributed by atoms with Gasteiger partial charge in [-0.05, 0) is 18.2 Å². The zero-order valence-electron chi connectivity index (χ0n) is 13.6. The van der Waals surface area contributed by atoms with Crippen LogP contribution in [-0.2, 0) is 15.7 Å². The van der Waals surface area contributed by atoms with Crippen LogP contribution in [-0.4, -0.2) is 63.5 Å². The van der Waals surface area contributed by atoms with Gasteiger partial charge in [-0.25, -0.2) is 4.79 Å². The number of alkyl halides is 3. The highest BCUT2D eigenvalue weighted by Gasteiger charge is 2.35. The molecule has 0 saturated carbocycles. The van der Waals surface area contributed by atoms with Gasteiger partial charge in [0, 0.05) is 31.9 Å². The third-order valence-corrected chi connectivity index (χ3v) is 4.22. The average molecular weight is 359 g/mol. The summed E-state index contributed by atoms with van der Waals surface area (Å²) in [5, 5.41) is 2.39. The molecule has 0 radical (unpaired) electrons. The van der Waals surface area contributed by atoms with Crippen LogP contribution in [0.25, 0.3) is 0 Å². The topological polar surface area (TPSA) is 54.0 Å². The van der Waals surface area contributed by atoms with Crippen molar-refractivity contribution < 1.29 is 27.4 Å². The van der Waals surface area contributed by atoms with Crippen LogP contribution in [0.4, 0.5) is 29.3 Å². The summed E-state index contributed by atoms with van der Waals surface area (Å²) in [5.74, 6) is 0. The molecule has 0 atom stereocenters. The second kappa shape index (κ2) is 7.49. The van der Waals surface area contributed by atoms with E-state index >= 15 is 0 Å². The zero-order valence-corrected chi connectivity index (χ0v) is 13.6. The minimum Gasteiger partial charge on any atom is -0.378 e. The number of ether oxygens (including phenoxy) is 2. The Bertz CT molecular complexity index is 612. The first-order chi connectivity index (χ1) is 11.9. The summed E-state index contributed by atoms with van der Waals surface area (Å²) in [7, 11) is 0. The van der Waals surface area contributed by atoms with E-state index in [1.807, 2.05) is 4.90 Å². The molecule has 1 aromatic carbocycles. The van der Waals surface area contributed by atoms with Crippen molar-refractivity contribution in [2.24, 2.45) is 0 Å². The lowest BCUT2D eigenvalue weighted by Gasteiger charge is -2.30. The van der Waals surface area contributed by atoms with E-state index in [9.17, 15) is 18.0 Å². The Hall–Kier alpha value is -2.00. The number of hydrogen-bond donors (Lipinski definition) is 1. The smallest absolute Gasteiger partial charge is 0.378 e. The number of hydrogen-bond acceptors (Lipinski definition) is 4. The molecule has 1 aromatic rings. The van der Waals surface area contributed by atoms with Crippen LogP contribution in [0.3, 0.4) is 0 Å². The SMILES string of the molecule is O=C(Nc1ccc(N2CCOCC2)cc1C(F)(F)F)N1CCOCC1. The summed E-state index contributed by atoms with van der Waals surface area (Å²) in [4.78, 5) is 15.5. The number of anilines is 2. The van der Waals surface area contributed by atoms with Crippen molar-refractivity contribution in [1.82, 2.24) is 4.90 Å². The molecule has 2 fully saturated rings. The average Bonchev–Trinajstić information content (AvgIpc) is 2.62. The number of urea groups is 1. The molecule has 2 saturated heterocycles. The number of nitrogens with zero attached hydrogens (tertiary/aromatic N) is 2. The number of benzene rings is 1. The Morgan fingerprint density at radius 1 is 1.00 bits per heavy atom. The van der Waals surface area contributed by atoms with Crippen LogP contribution in [0.15, 0.2) is 18.2 Å². The van der Waals surface area contributed by atoms with E-state index in [4.69, 9.17) is 9.47 Å². The molecule has 0 bridgehead atoms. The standard InChI is InChI=1S/C16H20F3N3O3/c17-16(18,19)13-11-12(21-3-7-24-8-4-21)1-2-14(13)20-15(23)22-5-9-25-10-6-22/h1-2,11H,3-10H2,(H,20,23). The van der Waals surface area contributed by atoms with Gasteiger partial charge in [-0.15, -0.1) is 0 Å². The Morgan fingerprint density at radius 2 is 1.60 bits per heavy atom. The summed E-state index contributed by atoms with van der Waals surface area (Å²) in [6, 6.07) is 3.44. The van der Waals surface area contributed by atoms with E-state index < -0.39 is 17.8 Å². The van der Waals surface area contributed by atoms with Gasteiger partial charge in [-0.3, -0.25) is 0 Å². The molecule has 2 amide bonds. The van der Waals surface area contributed by atoms with E-state index in [0.717, 1.165) is 6.07 Å². The van der Waals surface area contributed by atoms with Crippen molar-refractivity contribution in [3.63, 3.8) is 0 Å². The molecule has 138 valence electrons. The third kappa shape index (κ3) is 4.35. The zero-order chi connectivity index (χ0) is 17.9. The molecule has 0 unspecified atom stereocenters. The first kappa shape index (κ1) is 17.8. The lowest BCUT2D eigenvalue weighted by Crippen LogP contribution is -2.43. The molecule has 2 heterocycles. The molecule has 9 heteroatoms. The summed E-state index contributed by atoms with van der Waals surface area (Å²) < 4.78 is 50.7. The molecule has 2 aliphatic rings. The fourth-order valence-electron chi connectivity index (χ4n) is 2.85. The van der Waals surface area contributed by atoms with Crippen LogP contribution in [0.2, 0.25) is 0 Å². The number of rotatable bonds is 2. The summed E-state index contributed by atoms with van der Waals surface area (Å²) >= 11 is 0. The molecule has 1 N–H and O–H groups in total. The number of halogens is 3. The highest BCUT2D eigenvalue weighted by molar-refractivity contribution is 5.90. The predicted molar refractivity (Wildman–Crippen MR) is 85.9 cm³/mol. The maximum atomic E-state index is 13.5. The van der Waals surface area contributed by atoms with E-state index in [0.29, 0.717) is 58.3 Å². The maximum Gasteiger partial charge on any atom is 0.418 e. The van der Waals surface area contributed by atoms with Crippen LogP contribution < -0.4 is 10.2 Å². The molecule has 0 aliphatic carbocycles. The first-order valence-electron chi connectivity index (χ1n) is 8.13. The number of nitrogens with one attached hydrogen (secondary N) is 1. The summed E-state index contributed by atoms with van der Waals surface area (Å²) in [5.41, 5.74) is -0.612. The van der Waals surface area contributed by atoms with E-state index in [1.165, 1.54) is 11.0 Å². The van der Waals surface area contributed by atoms with Crippen LogP contribution in [0.5, 0.6) is 0 Å². The van der Waals surface area contributed by atoms with Gasteiger partial charge in [0.25, 0.3) is 0 Å². The fraction of sp³-hybridized carbons (Fsp3) is 0.562. The monoisotopic (exact) mass is 359 g/mol. The molecule has 0 spiro atoms. The van der Waals surface area contributed by atoms with Crippen LogP contribution >= 0.6 is 0 Å². The molecular formula is C16H20F3N3O3. The number of carbonyl (C=O) groups excluding carboxylic acids is 1. The Kier molecular flexibility index (Phi) is 5.33. The maximum absolute atomic E-state index is 13.5. The highest BCUT2D eigenvalue weighted by Crippen LogP contribution is 2.37. The minimum atomic E-state index is -4.56. The Morgan fingerprint density at radius 3 is 2.20 bits per heavy atom. The van der Waals surface area contributed by atoms with Crippen molar-refractivity contribution in [3.05, 3.63) is 23.8 Å². The normalized spacial score (nSPS) is 19.0. The Labute approximate surface area is 143 Å². The van der Waals surface area contributed by atoms with Crippen molar-refractivity contribution in [1.29, 1.82) is 0 Å². The number of carbonyl (C=O) groups is 1. The molecule has 6 nitrogen and oxygen atoms in total. The fourth-order valence-corrected chi connectivity index (χ4v) is 2.85. The van der Waals surface area contributed by atoms with Crippen molar-refractivity contribution in [2.45, 2.75) is 6.18 Å². The van der Waals surface area contributed by atoms with Gasteiger partial charge >= 0.3 is 12.2 Å². The van der Waals surface area contributed by atoms with Gasteiger partial charge in [0.2, 0.25) is 0 Å². The first-order valence-corrected chi connectivity index (χ1v) is 8.13. The van der Waals surface area contributed by atoms with Crippen LogP contribution in [0, 0.1) is 0 Å². The van der Waals surface area contributed by atoms with E-state index in [1.54, 1.807) is 6.07 Å². The van der Waals surface area contributed by atoms with Crippen molar-refractivity contribution in [2.75, 3.05) is 62.8 Å². The molecule has 0 aromatic heterocycles. The lowest BCUT2D eigenvalue weighted by molar-refractivity contribution is -0.136. The number of amides is 2. The quantitative estimate of drug-likeness (QED) is 0.881. The van der Waals surface area contributed by atoms with E-state index in [-0.39, 0.29) is 5.69 Å². The minimum absolute atomic E-state index is 0.235. The van der Waals surface area contributed by atoms with Crippen LogP contribution in [0.1, 0.15) is 5.56 Å². The molecule has 25 heavy (non-hydrogen) atoms. The molecule has 3 rings (SSSR count). The lowest BCUT2D eigenvalue weighted by atomic mass is 10.1. The second-order valence-corrected chi connectivity index (χ2v) is 5.86. The third-order valence-electron chi connectivity index (χ3n) is 4.22. The van der Waals surface area contributed by atoms with Gasteiger partial charge in [0.05, 0.1) is 37.7 Å². The van der Waals surface area contributed by atoms with Gasteiger partial charge in [-0.2, -0.15) is 13.2 Å². The van der Waals surface area contributed by atoms with Gasteiger partial charge in [0.15, 0.2) is 0 Å². The summed E-state index contributed by atoms with van der Waals surface area (Å²) in [6.45, 7) is 3.53. The Balaban J connectivity index is 1.81. The second-order valence-electron chi connectivity index (χ2n) is 5.86. The highest BCUT2D eigenvalue weighted by atomic mass is 19.4. The van der Waals surface area contributed by atoms with Gasteiger partial charge in [-0.1, -0.05) is 0 Å². The van der Waals surface area contributed by atoms with Gasteiger partial charge in [0.1, 0.15) is 0 Å². The summed E-state index contributed by atoms with van der Waals surface area (Å²) in [6.07, 6.45) is -4.56. The van der Waals surface area contributed by atoms with E-state index in [2.05, 4.69) is 5.32 Å². The van der Waals surface area contributed by atoms with Crippen molar-refractivity contribution >= 4 is 17.4 Å². The molecular weight excluding hydrogens is 339 g/mol. The predicted octanol–water partition coefficient (Wildman–Crippen LogP) is 2.41. The molecule has 2 aliphatic heterocycles.